The van der Waals surface area contributed by atoms with Crippen LogP contribution >= 0.6 is 15.9 Å². The van der Waals surface area contributed by atoms with Crippen molar-refractivity contribution >= 4 is 15.9 Å². The third-order valence-electron chi connectivity index (χ3n) is 3.71. The Balaban J connectivity index is 1.99. The summed E-state index contributed by atoms with van der Waals surface area (Å²) in [5.74, 6) is 0. The molecule has 2 aromatic rings. The summed E-state index contributed by atoms with van der Waals surface area (Å²) in [5, 5.41) is 13.7. The van der Waals surface area contributed by atoms with Gasteiger partial charge in [0.2, 0.25) is 0 Å². The van der Waals surface area contributed by atoms with Crippen molar-refractivity contribution in [3.63, 3.8) is 0 Å². The number of likely N-dealkylation sites (N-methyl/N-ethyl adjacent to an activating group) is 1. The van der Waals surface area contributed by atoms with Crippen LogP contribution in [0.3, 0.4) is 0 Å². The van der Waals surface area contributed by atoms with Crippen LogP contribution in [0.1, 0.15) is 22.5 Å². The van der Waals surface area contributed by atoms with Gasteiger partial charge in [-0.05, 0) is 18.7 Å². The molecule has 0 fully saturated rings. The molecule has 0 N–H and O–H groups in total. The van der Waals surface area contributed by atoms with Crippen LogP contribution in [0.2, 0.25) is 0 Å². The van der Waals surface area contributed by atoms with Gasteiger partial charge in [-0.25, -0.2) is 0 Å². The van der Waals surface area contributed by atoms with E-state index < -0.39 is 0 Å². The summed E-state index contributed by atoms with van der Waals surface area (Å²) in [4.78, 5) is 2.23. The first-order valence-corrected chi connectivity index (χ1v) is 7.39. The lowest BCUT2D eigenvalue weighted by atomic mass is 10.1. The fraction of sp³-hybridized carbons (Fsp3) is 0.333. The first-order chi connectivity index (χ1) is 9.69. The smallest absolute Gasteiger partial charge is 0.167 e. The summed E-state index contributed by atoms with van der Waals surface area (Å²) >= 11 is 3.57. The average Bonchev–Trinajstić information content (AvgIpc) is 2.78. The molecule has 1 aliphatic rings. The Morgan fingerprint density at radius 1 is 1.40 bits per heavy atom. The number of rotatable bonds is 2. The zero-order chi connectivity index (χ0) is 14.1. The van der Waals surface area contributed by atoms with Gasteiger partial charge in [0.1, 0.15) is 6.07 Å². The molecule has 0 unspecified atom stereocenters. The van der Waals surface area contributed by atoms with Gasteiger partial charge in [0.15, 0.2) is 5.69 Å². The molecule has 0 atom stereocenters. The lowest BCUT2D eigenvalue weighted by Crippen LogP contribution is -2.27. The third kappa shape index (κ3) is 2.37. The lowest BCUT2D eigenvalue weighted by Gasteiger charge is -2.23. The summed E-state index contributed by atoms with van der Waals surface area (Å²) in [6.45, 7) is 2.53. The zero-order valence-corrected chi connectivity index (χ0v) is 12.9. The Hall–Kier alpha value is -1.64. The van der Waals surface area contributed by atoms with Gasteiger partial charge in [-0.1, -0.05) is 34.1 Å². The SMILES string of the molecule is CN1CCc2c(c(C#N)nn2Cc2ccccc2Br)C1. The van der Waals surface area contributed by atoms with Crippen molar-refractivity contribution in [1.29, 1.82) is 5.26 Å². The van der Waals surface area contributed by atoms with Crippen molar-refractivity contribution in [2.24, 2.45) is 0 Å². The normalized spacial score (nSPS) is 14.8. The van der Waals surface area contributed by atoms with Gasteiger partial charge >= 0.3 is 0 Å². The molecule has 0 bridgehead atoms. The lowest BCUT2D eigenvalue weighted by molar-refractivity contribution is 0.308. The number of hydrogen-bond donors (Lipinski definition) is 0. The summed E-state index contributed by atoms with van der Waals surface area (Å²) in [6, 6.07) is 10.4. The van der Waals surface area contributed by atoms with Gasteiger partial charge in [0.25, 0.3) is 0 Å². The maximum Gasteiger partial charge on any atom is 0.167 e. The molecule has 4 nitrogen and oxygen atoms in total. The molecule has 0 saturated heterocycles. The van der Waals surface area contributed by atoms with Crippen LogP contribution in [0.25, 0.3) is 0 Å². The minimum atomic E-state index is 0.568. The molecule has 102 valence electrons. The van der Waals surface area contributed by atoms with Gasteiger partial charge in [-0.15, -0.1) is 0 Å². The van der Waals surface area contributed by atoms with E-state index in [0.29, 0.717) is 12.2 Å². The largest absolute Gasteiger partial charge is 0.302 e. The van der Waals surface area contributed by atoms with Crippen LogP contribution in [0.5, 0.6) is 0 Å². The quantitative estimate of drug-likeness (QED) is 0.850. The number of aromatic nitrogens is 2. The fourth-order valence-electron chi connectivity index (χ4n) is 2.63. The highest BCUT2D eigenvalue weighted by molar-refractivity contribution is 9.10. The summed E-state index contributed by atoms with van der Waals surface area (Å²) in [5.41, 5.74) is 4.04. The van der Waals surface area contributed by atoms with Gasteiger partial charge in [0, 0.05) is 35.2 Å². The van der Waals surface area contributed by atoms with Crippen molar-refractivity contribution < 1.29 is 0 Å². The first-order valence-electron chi connectivity index (χ1n) is 6.59. The summed E-state index contributed by atoms with van der Waals surface area (Å²) < 4.78 is 3.07. The molecule has 1 aromatic carbocycles. The average molecular weight is 331 g/mol. The number of halogens is 1. The Bertz CT molecular complexity index is 684. The van der Waals surface area contributed by atoms with Crippen molar-refractivity contribution in [3.8, 4) is 6.07 Å². The first kappa shape index (κ1) is 13.3. The van der Waals surface area contributed by atoms with Crippen LogP contribution in [0.4, 0.5) is 0 Å². The highest BCUT2D eigenvalue weighted by atomic mass is 79.9. The molecule has 0 aliphatic carbocycles. The van der Waals surface area contributed by atoms with E-state index in [1.54, 1.807) is 0 Å². The van der Waals surface area contributed by atoms with Gasteiger partial charge < -0.3 is 4.90 Å². The highest BCUT2D eigenvalue weighted by Gasteiger charge is 2.23. The van der Waals surface area contributed by atoms with E-state index in [0.717, 1.165) is 29.5 Å². The monoisotopic (exact) mass is 330 g/mol. The molecule has 20 heavy (non-hydrogen) atoms. The van der Waals surface area contributed by atoms with Crippen LogP contribution in [0.15, 0.2) is 28.7 Å². The van der Waals surface area contributed by atoms with Gasteiger partial charge in [-0.2, -0.15) is 10.4 Å². The molecule has 1 aromatic heterocycles. The predicted octanol–water partition coefficient (Wildman–Crippen LogP) is 2.55. The molecule has 5 heteroatoms. The molecule has 3 rings (SSSR count). The molecular formula is C15H15BrN4. The van der Waals surface area contributed by atoms with Crippen LogP contribution in [-0.2, 0) is 19.5 Å². The maximum atomic E-state index is 9.26. The van der Waals surface area contributed by atoms with E-state index in [4.69, 9.17) is 0 Å². The highest BCUT2D eigenvalue weighted by Crippen LogP contribution is 2.24. The second kappa shape index (κ2) is 5.39. The Kier molecular flexibility index (Phi) is 3.60. The number of benzene rings is 1. The van der Waals surface area contributed by atoms with E-state index in [9.17, 15) is 5.26 Å². The van der Waals surface area contributed by atoms with Gasteiger partial charge in [0.05, 0.1) is 6.54 Å². The number of hydrogen-bond acceptors (Lipinski definition) is 3. The molecule has 0 radical (unpaired) electrons. The predicted molar refractivity (Wildman–Crippen MR) is 80.2 cm³/mol. The third-order valence-corrected chi connectivity index (χ3v) is 4.48. The Morgan fingerprint density at radius 2 is 2.20 bits per heavy atom. The van der Waals surface area contributed by atoms with E-state index >= 15 is 0 Å². The van der Waals surface area contributed by atoms with Crippen LogP contribution in [-0.4, -0.2) is 28.3 Å². The second-order valence-corrected chi connectivity index (χ2v) is 5.98. The standard InChI is InChI=1S/C15H15BrN4/c1-19-7-6-15-12(10-19)14(8-17)18-20(15)9-11-4-2-3-5-13(11)16/h2-5H,6-7,9-10H2,1H3. The number of nitriles is 1. The van der Waals surface area contributed by atoms with Crippen molar-refractivity contribution in [2.45, 2.75) is 19.5 Å². The molecule has 0 saturated carbocycles. The van der Waals surface area contributed by atoms with Crippen molar-refractivity contribution in [2.75, 3.05) is 13.6 Å². The molecule has 0 amide bonds. The van der Waals surface area contributed by atoms with Crippen LogP contribution in [0, 0.1) is 11.3 Å². The minimum absolute atomic E-state index is 0.568. The fourth-order valence-corrected chi connectivity index (χ4v) is 3.04. The van der Waals surface area contributed by atoms with E-state index in [1.807, 2.05) is 22.9 Å². The topological polar surface area (TPSA) is 44.9 Å². The molecule has 1 aliphatic heterocycles. The Labute approximate surface area is 126 Å². The van der Waals surface area contributed by atoms with Crippen molar-refractivity contribution in [3.05, 3.63) is 51.3 Å². The van der Waals surface area contributed by atoms with E-state index in [-0.39, 0.29) is 0 Å². The number of nitrogens with zero attached hydrogens (tertiary/aromatic N) is 4. The number of fused-ring (bicyclic) bond motifs is 1. The van der Waals surface area contributed by atoms with E-state index in [1.165, 1.54) is 11.3 Å². The zero-order valence-electron chi connectivity index (χ0n) is 11.3. The molecule has 2 heterocycles. The minimum Gasteiger partial charge on any atom is -0.302 e. The van der Waals surface area contributed by atoms with E-state index in [2.05, 4.69) is 45.1 Å². The molecular weight excluding hydrogens is 316 g/mol. The van der Waals surface area contributed by atoms with Gasteiger partial charge in [-0.3, -0.25) is 4.68 Å². The maximum absolute atomic E-state index is 9.26. The summed E-state index contributed by atoms with van der Waals surface area (Å²) in [7, 11) is 2.08. The second-order valence-electron chi connectivity index (χ2n) is 5.12. The molecule has 0 spiro atoms. The Morgan fingerprint density at radius 3 is 2.95 bits per heavy atom. The van der Waals surface area contributed by atoms with Crippen molar-refractivity contribution in [1.82, 2.24) is 14.7 Å². The summed E-state index contributed by atoms with van der Waals surface area (Å²) in [6.07, 6.45) is 0.949. The van der Waals surface area contributed by atoms with Crippen LogP contribution < -0.4 is 0 Å².